The second-order valence-corrected chi connectivity index (χ2v) is 5.07. The van der Waals surface area contributed by atoms with Crippen LogP contribution in [-0.4, -0.2) is 47.8 Å². The average molecular weight is 343 g/mol. The molecule has 0 aliphatic heterocycles. The minimum absolute atomic E-state index is 0.0183. The molecule has 0 atom stereocenters. The zero-order valence-electron chi connectivity index (χ0n) is 13.0. The van der Waals surface area contributed by atoms with Crippen molar-refractivity contribution in [3.8, 4) is 0 Å². The Morgan fingerprint density at radius 1 is 1.26 bits per heavy atom. The summed E-state index contributed by atoms with van der Waals surface area (Å²) in [5.74, 6) is -1.74. The van der Waals surface area contributed by atoms with E-state index >= 15 is 0 Å². The molecule has 0 aliphatic carbocycles. The number of carbonyl (C=O) groups excluding carboxylic acids is 2. The molecule has 0 saturated heterocycles. The van der Waals surface area contributed by atoms with Gasteiger partial charge in [0.2, 0.25) is 0 Å². The predicted octanol–water partition coefficient (Wildman–Crippen LogP) is 1.64. The SMILES string of the molecule is CCN(CC)CCNC(=O)C(=O)Nc1cc([N+](=O)[O-])ccc1Cl. The number of nitrogens with zero attached hydrogens (tertiary/aromatic N) is 2. The monoisotopic (exact) mass is 342 g/mol. The first-order chi connectivity index (χ1) is 10.9. The summed E-state index contributed by atoms with van der Waals surface area (Å²) < 4.78 is 0. The summed E-state index contributed by atoms with van der Waals surface area (Å²) in [6, 6.07) is 3.60. The van der Waals surface area contributed by atoms with Crippen molar-refractivity contribution >= 4 is 34.8 Å². The number of hydrogen-bond acceptors (Lipinski definition) is 5. The topological polar surface area (TPSA) is 105 Å². The van der Waals surface area contributed by atoms with Gasteiger partial charge in [0.15, 0.2) is 0 Å². The van der Waals surface area contributed by atoms with Crippen molar-refractivity contribution in [3.05, 3.63) is 33.3 Å². The highest BCUT2D eigenvalue weighted by atomic mass is 35.5. The van der Waals surface area contributed by atoms with Crippen molar-refractivity contribution < 1.29 is 14.5 Å². The van der Waals surface area contributed by atoms with Gasteiger partial charge in [0.1, 0.15) is 0 Å². The highest BCUT2D eigenvalue weighted by molar-refractivity contribution is 6.41. The third-order valence-electron chi connectivity index (χ3n) is 3.22. The second-order valence-electron chi connectivity index (χ2n) is 4.66. The van der Waals surface area contributed by atoms with E-state index in [9.17, 15) is 19.7 Å². The Kier molecular flexibility index (Phi) is 7.43. The zero-order chi connectivity index (χ0) is 17.4. The minimum atomic E-state index is -0.924. The van der Waals surface area contributed by atoms with Crippen LogP contribution in [0.1, 0.15) is 13.8 Å². The Morgan fingerprint density at radius 2 is 1.91 bits per heavy atom. The number of halogens is 1. The van der Waals surface area contributed by atoms with Gasteiger partial charge in [-0.05, 0) is 19.2 Å². The number of nitro benzene ring substituents is 1. The highest BCUT2D eigenvalue weighted by Gasteiger charge is 2.17. The first-order valence-electron chi connectivity index (χ1n) is 7.14. The molecule has 0 heterocycles. The van der Waals surface area contributed by atoms with E-state index in [0.29, 0.717) is 13.1 Å². The molecule has 0 aliphatic rings. The number of likely N-dealkylation sites (N-methyl/N-ethyl adjacent to an activating group) is 1. The van der Waals surface area contributed by atoms with Crippen molar-refractivity contribution in [1.29, 1.82) is 0 Å². The van der Waals surface area contributed by atoms with Crippen LogP contribution >= 0.6 is 11.6 Å². The van der Waals surface area contributed by atoms with Crippen molar-refractivity contribution in [2.75, 3.05) is 31.5 Å². The lowest BCUT2D eigenvalue weighted by Crippen LogP contribution is -2.40. The lowest BCUT2D eigenvalue weighted by atomic mass is 10.2. The smallest absolute Gasteiger partial charge is 0.313 e. The number of non-ortho nitro benzene ring substituents is 1. The molecule has 0 saturated carbocycles. The largest absolute Gasteiger partial charge is 0.347 e. The maximum Gasteiger partial charge on any atom is 0.313 e. The fourth-order valence-corrected chi connectivity index (χ4v) is 2.01. The first-order valence-corrected chi connectivity index (χ1v) is 7.52. The molecule has 0 fully saturated rings. The molecule has 1 rings (SSSR count). The average Bonchev–Trinajstić information content (AvgIpc) is 2.53. The summed E-state index contributed by atoms with van der Waals surface area (Å²) in [4.78, 5) is 35.7. The summed E-state index contributed by atoms with van der Waals surface area (Å²) in [6.07, 6.45) is 0. The van der Waals surface area contributed by atoms with E-state index in [-0.39, 0.29) is 16.4 Å². The van der Waals surface area contributed by atoms with Gasteiger partial charge in [-0.2, -0.15) is 0 Å². The summed E-state index contributed by atoms with van der Waals surface area (Å²) in [6.45, 7) is 6.66. The first kappa shape index (κ1) is 18.9. The van der Waals surface area contributed by atoms with Gasteiger partial charge in [-0.15, -0.1) is 0 Å². The number of carbonyl (C=O) groups is 2. The van der Waals surface area contributed by atoms with Gasteiger partial charge in [-0.1, -0.05) is 25.4 Å². The number of anilines is 1. The van der Waals surface area contributed by atoms with Gasteiger partial charge in [0.05, 0.1) is 15.6 Å². The Balaban J connectivity index is 2.60. The summed E-state index contributed by atoms with van der Waals surface area (Å²) in [7, 11) is 0. The molecule has 9 heteroatoms. The molecule has 0 aromatic heterocycles. The zero-order valence-corrected chi connectivity index (χ0v) is 13.7. The molecule has 0 unspecified atom stereocenters. The van der Waals surface area contributed by atoms with E-state index in [1.807, 2.05) is 13.8 Å². The van der Waals surface area contributed by atoms with E-state index in [2.05, 4.69) is 15.5 Å². The van der Waals surface area contributed by atoms with Crippen LogP contribution in [0.5, 0.6) is 0 Å². The lowest BCUT2D eigenvalue weighted by Gasteiger charge is -2.17. The van der Waals surface area contributed by atoms with Crippen molar-refractivity contribution in [2.45, 2.75) is 13.8 Å². The molecule has 2 N–H and O–H groups in total. The maximum absolute atomic E-state index is 11.8. The standard InChI is InChI=1S/C14H19ClN4O4/c1-3-18(4-2)8-7-16-13(20)14(21)17-12-9-10(19(22)23)5-6-11(12)15/h5-6,9H,3-4,7-8H2,1-2H3,(H,16,20)(H,17,21). The summed E-state index contributed by atoms with van der Waals surface area (Å²) in [5.41, 5.74) is -0.212. The van der Waals surface area contributed by atoms with Crippen LogP contribution in [0.4, 0.5) is 11.4 Å². The summed E-state index contributed by atoms with van der Waals surface area (Å²) >= 11 is 5.86. The second kappa shape index (κ2) is 9.06. The van der Waals surface area contributed by atoms with Crippen LogP contribution in [0, 0.1) is 10.1 Å². The van der Waals surface area contributed by atoms with Gasteiger partial charge in [0, 0.05) is 25.2 Å². The Bertz CT molecular complexity index is 590. The summed E-state index contributed by atoms with van der Waals surface area (Å²) in [5, 5.41) is 15.6. The molecule has 0 spiro atoms. The predicted molar refractivity (Wildman–Crippen MR) is 87.5 cm³/mol. The van der Waals surface area contributed by atoms with Gasteiger partial charge in [-0.25, -0.2) is 0 Å². The Labute approximate surface area is 138 Å². The number of benzene rings is 1. The number of hydrogen-bond donors (Lipinski definition) is 2. The fraction of sp³-hybridized carbons (Fsp3) is 0.429. The van der Waals surface area contributed by atoms with Crippen molar-refractivity contribution in [3.63, 3.8) is 0 Å². The minimum Gasteiger partial charge on any atom is -0.347 e. The third kappa shape index (κ3) is 5.84. The van der Waals surface area contributed by atoms with Crippen LogP contribution in [0.3, 0.4) is 0 Å². The molecule has 0 bridgehead atoms. The molecule has 23 heavy (non-hydrogen) atoms. The van der Waals surface area contributed by atoms with E-state index in [1.165, 1.54) is 12.1 Å². The lowest BCUT2D eigenvalue weighted by molar-refractivity contribution is -0.384. The van der Waals surface area contributed by atoms with E-state index in [1.54, 1.807) is 0 Å². The number of rotatable bonds is 7. The quantitative estimate of drug-likeness (QED) is 0.445. The number of nitrogens with one attached hydrogen (secondary N) is 2. The van der Waals surface area contributed by atoms with Gasteiger partial charge in [0.25, 0.3) is 5.69 Å². The third-order valence-corrected chi connectivity index (χ3v) is 3.55. The maximum atomic E-state index is 11.8. The molecule has 126 valence electrons. The van der Waals surface area contributed by atoms with Crippen LogP contribution in [0.25, 0.3) is 0 Å². The fourth-order valence-electron chi connectivity index (χ4n) is 1.85. The molecular weight excluding hydrogens is 324 g/mol. The number of amides is 2. The van der Waals surface area contributed by atoms with Gasteiger partial charge < -0.3 is 15.5 Å². The Hall–Kier alpha value is -2.19. The molecule has 2 amide bonds. The van der Waals surface area contributed by atoms with Gasteiger partial charge >= 0.3 is 11.8 Å². The van der Waals surface area contributed by atoms with Crippen LogP contribution in [0.15, 0.2) is 18.2 Å². The molecule has 8 nitrogen and oxygen atoms in total. The molecule has 0 radical (unpaired) electrons. The molecule has 1 aromatic carbocycles. The van der Waals surface area contributed by atoms with E-state index in [4.69, 9.17) is 11.6 Å². The van der Waals surface area contributed by atoms with Crippen molar-refractivity contribution in [1.82, 2.24) is 10.2 Å². The van der Waals surface area contributed by atoms with Crippen molar-refractivity contribution in [2.24, 2.45) is 0 Å². The van der Waals surface area contributed by atoms with Crippen LogP contribution in [-0.2, 0) is 9.59 Å². The Morgan fingerprint density at radius 3 is 2.48 bits per heavy atom. The molecular formula is C14H19ClN4O4. The van der Waals surface area contributed by atoms with Crippen LogP contribution in [0.2, 0.25) is 5.02 Å². The normalized spacial score (nSPS) is 10.4. The highest BCUT2D eigenvalue weighted by Crippen LogP contribution is 2.26. The van der Waals surface area contributed by atoms with Gasteiger partial charge in [-0.3, -0.25) is 19.7 Å². The van der Waals surface area contributed by atoms with E-state index < -0.39 is 16.7 Å². The van der Waals surface area contributed by atoms with Crippen LogP contribution < -0.4 is 10.6 Å². The molecule has 1 aromatic rings. The van der Waals surface area contributed by atoms with E-state index in [0.717, 1.165) is 19.2 Å². The number of nitro groups is 1.